The Morgan fingerprint density at radius 3 is 2.44 bits per heavy atom. The molecule has 0 aromatic rings. The van der Waals surface area contributed by atoms with Crippen LogP contribution < -0.4 is 16.4 Å². The van der Waals surface area contributed by atoms with Crippen LogP contribution in [0.5, 0.6) is 0 Å². The van der Waals surface area contributed by atoms with Crippen LogP contribution in [0.3, 0.4) is 0 Å². The highest BCUT2D eigenvalue weighted by atomic mass is 32.2. The summed E-state index contributed by atoms with van der Waals surface area (Å²) in [6.45, 7) is 3.58. The van der Waals surface area contributed by atoms with E-state index >= 15 is 0 Å². The molecule has 1 rings (SSSR count). The molecule has 1 aliphatic heterocycles. The van der Waals surface area contributed by atoms with Crippen molar-refractivity contribution in [2.24, 2.45) is 11.7 Å². The van der Waals surface area contributed by atoms with Crippen LogP contribution in [-0.2, 0) is 19.2 Å². The molecule has 1 fully saturated rings. The number of thioether (sulfide) groups is 1. The highest BCUT2D eigenvalue weighted by Gasteiger charge is 2.38. The lowest BCUT2D eigenvalue weighted by molar-refractivity contribution is -0.145. The quantitative estimate of drug-likeness (QED) is 0.382. The van der Waals surface area contributed by atoms with Crippen molar-refractivity contribution < 1.29 is 24.3 Å². The van der Waals surface area contributed by atoms with Gasteiger partial charge in [0.1, 0.15) is 18.1 Å². The van der Waals surface area contributed by atoms with Crippen LogP contribution in [0, 0.1) is 5.92 Å². The third-order valence-corrected chi connectivity index (χ3v) is 5.14. The number of carbonyl (C=O) groups excluding carboxylic acids is 3. The zero-order chi connectivity index (χ0) is 20.6. The number of hydrogen-bond acceptors (Lipinski definition) is 6. The van der Waals surface area contributed by atoms with Crippen LogP contribution in [0.2, 0.25) is 0 Å². The van der Waals surface area contributed by atoms with Crippen LogP contribution in [-0.4, -0.2) is 76.9 Å². The summed E-state index contributed by atoms with van der Waals surface area (Å²) in [6, 6.07) is -2.49. The van der Waals surface area contributed by atoms with Crippen molar-refractivity contribution in [3.63, 3.8) is 0 Å². The van der Waals surface area contributed by atoms with Crippen molar-refractivity contribution in [1.29, 1.82) is 0 Å². The Bertz CT molecular complexity index is 557. The second kappa shape index (κ2) is 11.1. The average Bonchev–Trinajstić information content (AvgIpc) is 3.11. The first kappa shape index (κ1) is 23.2. The number of carbonyl (C=O) groups is 4. The summed E-state index contributed by atoms with van der Waals surface area (Å²) in [4.78, 5) is 50.0. The molecule has 9 nitrogen and oxygen atoms in total. The number of carboxylic acid groups (broad SMARTS) is 1. The number of aliphatic carboxylic acids is 1. The summed E-state index contributed by atoms with van der Waals surface area (Å²) in [7, 11) is 0. The second-order valence-corrected chi connectivity index (χ2v) is 7.85. The van der Waals surface area contributed by atoms with Gasteiger partial charge in [-0.2, -0.15) is 11.8 Å². The van der Waals surface area contributed by atoms with Crippen molar-refractivity contribution in [2.45, 2.75) is 51.2 Å². The van der Waals surface area contributed by atoms with E-state index in [9.17, 15) is 24.3 Å². The molecule has 1 heterocycles. The van der Waals surface area contributed by atoms with Gasteiger partial charge in [0.25, 0.3) is 0 Å². The van der Waals surface area contributed by atoms with Gasteiger partial charge >= 0.3 is 5.97 Å². The van der Waals surface area contributed by atoms with Crippen LogP contribution in [0.1, 0.15) is 33.1 Å². The Labute approximate surface area is 163 Å². The van der Waals surface area contributed by atoms with E-state index in [1.165, 1.54) is 4.90 Å². The molecule has 0 aliphatic carbocycles. The first-order valence-electron chi connectivity index (χ1n) is 9.04. The van der Waals surface area contributed by atoms with E-state index in [1.54, 1.807) is 25.6 Å². The smallest absolute Gasteiger partial charge is 0.326 e. The number of hydrogen-bond donors (Lipinski definition) is 4. The first-order valence-corrected chi connectivity index (χ1v) is 10.4. The van der Waals surface area contributed by atoms with Gasteiger partial charge in [0, 0.05) is 6.54 Å². The van der Waals surface area contributed by atoms with Gasteiger partial charge in [-0.25, -0.2) is 4.79 Å². The van der Waals surface area contributed by atoms with Gasteiger partial charge < -0.3 is 26.4 Å². The topological polar surface area (TPSA) is 142 Å². The van der Waals surface area contributed by atoms with Crippen molar-refractivity contribution >= 4 is 35.5 Å². The fraction of sp³-hybridized carbons (Fsp3) is 0.765. The van der Waals surface area contributed by atoms with Crippen molar-refractivity contribution in [3.8, 4) is 0 Å². The van der Waals surface area contributed by atoms with Gasteiger partial charge in [0.05, 0.1) is 6.54 Å². The summed E-state index contributed by atoms with van der Waals surface area (Å²) < 4.78 is 0. The first-order chi connectivity index (χ1) is 12.7. The molecule has 0 saturated carbocycles. The van der Waals surface area contributed by atoms with Gasteiger partial charge in [0.2, 0.25) is 17.7 Å². The lowest BCUT2D eigenvalue weighted by Crippen LogP contribution is -2.56. The molecular formula is C17H30N4O5S. The third kappa shape index (κ3) is 6.69. The maximum Gasteiger partial charge on any atom is 0.326 e. The largest absolute Gasteiger partial charge is 0.480 e. The van der Waals surface area contributed by atoms with E-state index in [-0.39, 0.29) is 18.4 Å². The normalized spacial score (nSPS) is 18.9. The third-order valence-electron chi connectivity index (χ3n) is 4.50. The maximum absolute atomic E-state index is 12.9. The summed E-state index contributed by atoms with van der Waals surface area (Å²) in [6.07, 6.45) is 3.43. The number of nitrogens with one attached hydrogen (secondary N) is 2. The number of carboxylic acids is 1. The molecule has 10 heteroatoms. The van der Waals surface area contributed by atoms with E-state index in [0.717, 1.165) is 0 Å². The minimum atomic E-state index is -1.11. The van der Waals surface area contributed by atoms with Crippen molar-refractivity contribution in [1.82, 2.24) is 15.5 Å². The van der Waals surface area contributed by atoms with E-state index in [4.69, 9.17) is 5.73 Å². The van der Waals surface area contributed by atoms with E-state index in [2.05, 4.69) is 10.6 Å². The summed E-state index contributed by atoms with van der Waals surface area (Å²) in [5.41, 5.74) is 5.33. The van der Waals surface area contributed by atoms with Gasteiger partial charge in [-0.15, -0.1) is 0 Å². The molecule has 1 saturated heterocycles. The minimum absolute atomic E-state index is 0.221. The lowest BCUT2D eigenvalue weighted by atomic mass is 10.0. The van der Waals surface area contributed by atoms with Crippen LogP contribution >= 0.6 is 11.8 Å². The number of rotatable bonds is 10. The minimum Gasteiger partial charge on any atom is -0.480 e. The average molecular weight is 403 g/mol. The molecule has 0 spiro atoms. The molecular weight excluding hydrogens is 372 g/mol. The zero-order valence-electron chi connectivity index (χ0n) is 16.1. The molecule has 3 atom stereocenters. The van der Waals surface area contributed by atoms with Crippen molar-refractivity contribution in [3.05, 3.63) is 0 Å². The number of nitrogens with two attached hydrogens (primary N) is 1. The highest BCUT2D eigenvalue weighted by Crippen LogP contribution is 2.20. The van der Waals surface area contributed by atoms with Crippen LogP contribution in [0.15, 0.2) is 0 Å². The fourth-order valence-electron chi connectivity index (χ4n) is 3.01. The summed E-state index contributed by atoms with van der Waals surface area (Å²) in [5, 5.41) is 14.4. The van der Waals surface area contributed by atoms with Crippen LogP contribution in [0.4, 0.5) is 0 Å². The van der Waals surface area contributed by atoms with Gasteiger partial charge in [0.15, 0.2) is 0 Å². The summed E-state index contributed by atoms with van der Waals surface area (Å²) >= 11 is 1.55. The molecule has 5 N–H and O–H groups in total. The number of amides is 3. The number of likely N-dealkylation sites (tertiary alicyclic amines) is 1. The maximum atomic E-state index is 12.9. The Morgan fingerprint density at radius 2 is 1.93 bits per heavy atom. The Morgan fingerprint density at radius 1 is 1.26 bits per heavy atom. The van der Waals surface area contributed by atoms with E-state index in [1.807, 2.05) is 6.26 Å². The molecule has 0 aromatic carbocycles. The second-order valence-electron chi connectivity index (χ2n) is 6.86. The van der Waals surface area contributed by atoms with Gasteiger partial charge in [-0.3, -0.25) is 14.4 Å². The molecule has 1 aliphatic rings. The monoisotopic (exact) mass is 402 g/mol. The van der Waals surface area contributed by atoms with Gasteiger partial charge in [-0.1, -0.05) is 13.8 Å². The molecule has 0 bridgehead atoms. The molecule has 0 radical (unpaired) electrons. The van der Waals surface area contributed by atoms with Crippen molar-refractivity contribution in [2.75, 3.05) is 25.1 Å². The van der Waals surface area contributed by atoms with Gasteiger partial charge in [-0.05, 0) is 37.2 Å². The molecule has 3 unspecified atom stereocenters. The number of nitrogens with zero attached hydrogens (tertiary/aromatic N) is 1. The molecule has 3 amide bonds. The Balaban J connectivity index is 2.88. The highest BCUT2D eigenvalue weighted by molar-refractivity contribution is 7.98. The Hall–Kier alpha value is -1.81. The standard InChI is InChI=1S/C17H30N4O5S/c1-10(2)14(17(25)26)20-15(23)12-5-4-7-21(12)16(24)11(6-8-27-3)19-13(22)9-18/h10-12,14H,4-9,18H2,1-3H3,(H,19,22)(H,20,23)(H,25,26). The zero-order valence-corrected chi connectivity index (χ0v) is 16.9. The fourth-order valence-corrected chi connectivity index (χ4v) is 3.48. The predicted octanol–water partition coefficient (Wildman–Crippen LogP) is -0.601. The molecule has 154 valence electrons. The van der Waals surface area contributed by atoms with E-state index < -0.39 is 35.9 Å². The Kier molecular flexibility index (Phi) is 9.57. The summed E-state index contributed by atoms with van der Waals surface area (Å²) in [5.74, 6) is -1.96. The lowest BCUT2D eigenvalue weighted by Gasteiger charge is -2.30. The SMILES string of the molecule is CSCCC(NC(=O)CN)C(=O)N1CCCC1C(=O)NC(C(=O)O)C(C)C. The molecule has 0 aromatic heterocycles. The van der Waals surface area contributed by atoms with E-state index in [0.29, 0.717) is 31.6 Å². The molecule has 27 heavy (non-hydrogen) atoms. The van der Waals surface area contributed by atoms with Crippen LogP contribution in [0.25, 0.3) is 0 Å². The predicted molar refractivity (Wildman–Crippen MR) is 103 cm³/mol.